The highest BCUT2D eigenvalue weighted by Gasteiger charge is 2.37. The third-order valence-electron chi connectivity index (χ3n) is 1.64. The van der Waals surface area contributed by atoms with Crippen LogP contribution in [-0.4, -0.2) is 23.8 Å². The van der Waals surface area contributed by atoms with Crippen molar-refractivity contribution in [2.45, 2.75) is 6.18 Å². The fourth-order valence-corrected chi connectivity index (χ4v) is 1.15. The number of hydrogen-bond acceptors (Lipinski definition) is 2. The first-order valence-electron chi connectivity index (χ1n) is 4.44. The average molecular weight is 296 g/mol. The van der Waals surface area contributed by atoms with Gasteiger partial charge in [0.15, 0.2) is 5.71 Å². The van der Waals surface area contributed by atoms with Crippen molar-refractivity contribution >= 4 is 21.6 Å². The van der Waals surface area contributed by atoms with Gasteiger partial charge in [-0.05, 0) is 0 Å². The van der Waals surface area contributed by atoms with Crippen LogP contribution in [0.3, 0.4) is 0 Å². The molecule has 1 aromatic rings. The lowest BCUT2D eigenvalue weighted by Crippen LogP contribution is -2.24. The maximum atomic E-state index is 12.6. The van der Waals surface area contributed by atoms with Gasteiger partial charge in [-0.2, -0.15) is 13.2 Å². The van der Waals surface area contributed by atoms with Crippen molar-refractivity contribution in [1.82, 2.24) is 0 Å². The Morgan fingerprint density at radius 1 is 1.25 bits per heavy atom. The molecule has 0 aliphatic carbocycles. The number of oxime groups is 1. The topological polar surface area (TPSA) is 21.6 Å². The van der Waals surface area contributed by atoms with E-state index < -0.39 is 11.9 Å². The quantitative estimate of drug-likeness (QED) is 0.361. The first-order valence-corrected chi connectivity index (χ1v) is 5.56. The van der Waals surface area contributed by atoms with Crippen LogP contribution in [0.15, 0.2) is 35.5 Å². The highest BCUT2D eigenvalue weighted by atomic mass is 79.9. The minimum absolute atomic E-state index is 0.00966. The van der Waals surface area contributed by atoms with Crippen LogP contribution in [0.4, 0.5) is 13.2 Å². The lowest BCUT2D eigenvalue weighted by Gasteiger charge is -2.09. The summed E-state index contributed by atoms with van der Waals surface area (Å²) in [6.45, 7) is 0.0897. The molecule has 0 atom stereocenters. The highest BCUT2D eigenvalue weighted by Crippen LogP contribution is 2.22. The van der Waals surface area contributed by atoms with E-state index in [9.17, 15) is 13.2 Å². The Kier molecular flexibility index (Phi) is 4.79. The average Bonchev–Trinajstić information content (AvgIpc) is 2.24. The van der Waals surface area contributed by atoms with E-state index in [0.717, 1.165) is 0 Å². The molecular weight excluding hydrogens is 287 g/mol. The van der Waals surface area contributed by atoms with E-state index in [4.69, 9.17) is 0 Å². The molecule has 0 radical (unpaired) electrons. The summed E-state index contributed by atoms with van der Waals surface area (Å²) in [5.74, 6) is 0. The second-order valence-electron chi connectivity index (χ2n) is 2.83. The van der Waals surface area contributed by atoms with Crippen molar-refractivity contribution in [2.75, 3.05) is 11.9 Å². The molecular formula is C10H9BrF3NO. The Hall–Kier alpha value is -1.04. The van der Waals surface area contributed by atoms with E-state index in [1.165, 1.54) is 24.3 Å². The maximum Gasteiger partial charge on any atom is 0.437 e. The Balaban J connectivity index is 2.93. The minimum Gasteiger partial charge on any atom is -0.394 e. The maximum absolute atomic E-state index is 12.6. The van der Waals surface area contributed by atoms with Gasteiger partial charge in [0.1, 0.15) is 6.61 Å². The van der Waals surface area contributed by atoms with Gasteiger partial charge in [0.05, 0.1) is 0 Å². The van der Waals surface area contributed by atoms with Gasteiger partial charge < -0.3 is 4.84 Å². The molecule has 0 aliphatic rings. The highest BCUT2D eigenvalue weighted by molar-refractivity contribution is 9.09. The van der Waals surface area contributed by atoms with Crippen LogP contribution >= 0.6 is 15.9 Å². The van der Waals surface area contributed by atoms with Gasteiger partial charge >= 0.3 is 6.18 Å². The number of alkyl halides is 4. The van der Waals surface area contributed by atoms with Crippen molar-refractivity contribution in [3.63, 3.8) is 0 Å². The number of halogens is 4. The molecule has 88 valence electrons. The summed E-state index contributed by atoms with van der Waals surface area (Å²) in [5, 5.41) is 3.54. The van der Waals surface area contributed by atoms with Crippen molar-refractivity contribution in [2.24, 2.45) is 5.16 Å². The van der Waals surface area contributed by atoms with Crippen molar-refractivity contribution in [1.29, 1.82) is 0 Å². The normalized spacial score (nSPS) is 12.6. The molecule has 0 fully saturated rings. The third-order valence-corrected chi connectivity index (χ3v) is 1.96. The van der Waals surface area contributed by atoms with Crippen LogP contribution in [0.1, 0.15) is 5.56 Å². The van der Waals surface area contributed by atoms with Crippen LogP contribution in [0, 0.1) is 0 Å². The number of hydrogen-bond donors (Lipinski definition) is 0. The van der Waals surface area contributed by atoms with Crippen molar-refractivity contribution < 1.29 is 18.0 Å². The summed E-state index contributed by atoms with van der Waals surface area (Å²) in [6, 6.07) is 7.34. The van der Waals surface area contributed by atoms with Gasteiger partial charge in [-0.25, -0.2) is 0 Å². The molecule has 0 spiro atoms. The number of benzene rings is 1. The molecule has 0 saturated heterocycles. The molecule has 0 bridgehead atoms. The van der Waals surface area contributed by atoms with E-state index in [0.29, 0.717) is 5.33 Å². The van der Waals surface area contributed by atoms with E-state index in [-0.39, 0.29) is 12.2 Å². The lowest BCUT2D eigenvalue weighted by molar-refractivity contribution is -0.0613. The van der Waals surface area contributed by atoms with E-state index in [2.05, 4.69) is 25.9 Å². The molecule has 0 N–H and O–H groups in total. The molecule has 0 aliphatic heterocycles. The zero-order chi connectivity index (χ0) is 12.0. The van der Waals surface area contributed by atoms with E-state index in [1.54, 1.807) is 6.07 Å². The van der Waals surface area contributed by atoms with E-state index >= 15 is 0 Å². The summed E-state index contributed by atoms with van der Waals surface area (Å²) in [7, 11) is 0. The molecule has 16 heavy (non-hydrogen) atoms. The zero-order valence-corrected chi connectivity index (χ0v) is 9.75. The van der Waals surface area contributed by atoms with Crippen LogP contribution in [-0.2, 0) is 4.84 Å². The molecule has 0 saturated carbocycles. The summed E-state index contributed by atoms with van der Waals surface area (Å²) in [5.41, 5.74) is -1.03. The third kappa shape index (κ3) is 3.84. The van der Waals surface area contributed by atoms with Gasteiger partial charge in [0, 0.05) is 10.9 Å². The summed E-state index contributed by atoms with van der Waals surface area (Å²) in [4.78, 5) is 4.55. The fraction of sp³-hybridized carbons (Fsp3) is 0.300. The first-order chi connectivity index (χ1) is 7.55. The molecule has 0 unspecified atom stereocenters. The standard InChI is InChI=1S/C10H9BrF3NO/c11-6-7-16-15-9(10(12,13)14)8-4-2-1-3-5-8/h1-5H,6-7H2. The second kappa shape index (κ2) is 5.89. The summed E-state index contributed by atoms with van der Waals surface area (Å²) in [6.07, 6.45) is -4.52. The zero-order valence-electron chi connectivity index (χ0n) is 8.17. The molecule has 6 heteroatoms. The Labute approximate surface area is 99.2 Å². The van der Waals surface area contributed by atoms with Crippen LogP contribution < -0.4 is 0 Å². The van der Waals surface area contributed by atoms with Crippen molar-refractivity contribution in [3.05, 3.63) is 35.9 Å². The van der Waals surface area contributed by atoms with Gasteiger partial charge in [-0.1, -0.05) is 51.4 Å². The first kappa shape index (κ1) is 13.0. The van der Waals surface area contributed by atoms with Crippen LogP contribution in [0.5, 0.6) is 0 Å². The SMILES string of the molecule is FC(F)(F)C(=NOCCBr)c1ccccc1. The molecule has 2 nitrogen and oxygen atoms in total. The minimum atomic E-state index is -4.52. The van der Waals surface area contributed by atoms with Crippen LogP contribution in [0.25, 0.3) is 0 Å². The smallest absolute Gasteiger partial charge is 0.394 e. The van der Waals surface area contributed by atoms with Crippen LogP contribution in [0.2, 0.25) is 0 Å². The molecule has 0 heterocycles. The Morgan fingerprint density at radius 2 is 1.88 bits per heavy atom. The Bertz CT molecular complexity index is 351. The van der Waals surface area contributed by atoms with Gasteiger partial charge in [-0.15, -0.1) is 0 Å². The predicted molar refractivity (Wildman–Crippen MR) is 58.8 cm³/mol. The van der Waals surface area contributed by atoms with Gasteiger partial charge in [0.2, 0.25) is 0 Å². The monoisotopic (exact) mass is 295 g/mol. The number of rotatable bonds is 4. The summed E-state index contributed by atoms with van der Waals surface area (Å²) >= 11 is 3.03. The largest absolute Gasteiger partial charge is 0.437 e. The Morgan fingerprint density at radius 3 is 2.38 bits per heavy atom. The molecule has 1 rings (SSSR count). The lowest BCUT2D eigenvalue weighted by atomic mass is 10.1. The summed E-state index contributed by atoms with van der Waals surface area (Å²) < 4.78 is 37.8. The molecule has 1 aromatic carbocycles. The van der Waals surface area contributed by atoms with Gasteiger partial charge in [0.25, 0.3) is 0 Å². The predicted octanol–water partition coefficient (Wildman–Crippen LogP) is 3.36. The van der Waals surface area contributed by atoms with Crippen molar-refractivity contribution in [3.8, 4) is 0 Å². The fourth-order valence-electron chi connectivity index (χ4n) is 1.01. The second-order valence-corrected chi connectivity index (χ2v) is 3.62. The van der Waals surface area contributed by atoms with Gasteiger partial charge in [-0.3, -0.25) is 0 Å². The molecule has 0 amide bonds. The molecule has 0 aromatic heterocycles. The number of nitrogens with zero attached hydrogens (tertiary/aromatic N) is 1. The van der Waals surface area contributed by atoms with E-state index in [1.807, 2.05) is 0 Å².